The van der Waals surface area contributed by atoms with E-state index in [1.54, 1.807) is 17.7 Å². The summed E-state index contributed by atoms with van der Waals surface area (Å²) in [6.07, 6.45) is 6.03. The molecule has 1 aliphatic rings. The second-order valence-electron chi connectivity index (χ2n) is 7.77. The number of para-hydroxylation sites is 1. The van der Waals surface area contributed by atoms with Gasteiger partial charge in [-0.15, -0.1) is 0 Å². The van der Waals surface area contributed by atoms with E-state index in [2.05, 4.69) is 5.32 Å². The van der Waals surface area contributed by atoms with Crippen LogP contribution in [0.4, 0.5) is 0 Å². The molecule has 1 saturated carbocycles. The number of rotatable bonds is 7. The van der Waals surface area contributed by atoms with E-state index in [0.29, 0.717) is 0 Å². The van der Waals surface area contributed by atoms with E-state index in [1.165, 1.54) is 6.08 Å². The number of amides is 1. The average molecular weight is 415 g/mol. The van der Waals surface area contributed by atoms with Crippen molar-refractivity contribution >= 4 is 18.0 Å². The maximum absolute atomic E-state index is 12.3. The van der Waals surface area contributed by atoms with Crippen LogP contribution in [-0.2, 0) is 14.3 Å². The molecule has 1 fully saturated rings. The molecule has 2 aromatic carbocycles. The van der Waals surface area contributed by atoms with E-state index in [1.807, 2.05) is 67.7 Å². The minimum absolute atomic E-state index is 0.227. The summed E-state index contributed by atoms with van der Waals surface area (Å²) >= 11 is 0. The highest BCUT2D eigenvalue weighted by Gasteiger charge is 2.26. The SMILES string of the molecule is Cc1ccc(-c2nn(-c3ccccc3)cc2/C=C/C(=O)OC(C)C(=O)NC2CC2)cc1. The van der Waals surface area contributed by atoms with Crippen LogP contribution in [0.1, 0.15) is 30.9 Å². The molecule has 0 spiro atoms. The summed E-state index contributed by atoms with van der Waals surface area (Å²) in [5.41, 5.74) is 4.56. The van der Waals surface area contributed by atoms with Gasteiger partial charge in [-0.1, -0.05) is 48.0 Å². The molecule has 4 rings (SSSR count). The second kappa shape index (κ2) is 9.00. The van der Waals surface area contributed by atoms with Gasteiger partial charge in [0.05, 0.1) is 11.4 Å². The van der Waals surface area contributed by atoms with Crippen molar-refractivity contribution in [2.75, 3.05) is 0 Å². The lowest BCUT2D eigenvalue weighted by molar-refractivity contribution is -0.150. The van der Waals surface area contributed by atoms with E-state index < -0.39 is 12.1 Å². The molecule has 0 bridgehead atoms. The van der Waals surface area contributed by atoms with Crippen molar-refractivity contribution in [1.82, 2.24) is 15.1 Å². The zero-order valence-electron chi connectivity index (χ0n) is 17.6. The number of aryl methyl sites for hydroxylation is 1. The van der Waals surface area contributed by atoms with Crippen LogP contribution in [0.3, 0.4) is 0 Å². The van der Waals surface area contributed by atoms with Crippen molar-refractivity contribution in [2.45, 2.75) is 38.8 Å². The van der Waals surface area contributed by atoms with Gasteiger partial charge in [-0.25, -0.2) is 9.48 Å². The van der Waals surface area contributed by atoms with Gasteiger partial charge in [0.1, 0.15) is 0 Å². The summed E-state index contributed by atoms with van der Waals surface area (Å²) < 4.78 is 7.03. The number of hydrogen-bond acceptors (Lipinski definition) is 4. The van der Waals surface area contributed by atoms with Crippen molar-refractivity contribution in [3.63, 3.8) is 0 Å². The Morgan fingerprint density at radius 2 is 1.84 bits per heavy atom. The number of carbonyl (C=O) groups is 2. The Hall–Kier alpha value is -3.67. The zero-order chi connectivity index (χ0) is 21.8. The van der Waals surface area contributed by atoms with Crippen LogP contribution in [0.5, 0.6) is 0 Å². The monoisotopic (exact) mass is 415 g/mol. The lowest BCUT2D eigenvalue weighted by atomic mass is 10.1. The maximum Gasteiger partial charge on any atom is 0.331 e. The van der Waals surface area contributed by atoms with Gasteiger partial charge in [-0.3, -0.25) is 4.79 Å². The van der Waals surface area contributed by atoms with Gasteiger partial charge >= 0.3 is 5.97 Å². The number of esters is 1. The van der Waals surface area contributed by atoms with E-state index in [9.17, 15) is 9.59 Å². The number of ether oxygens (including phenoxy) is 1. The molecule has 1 atom stereocenters. The van der Waals surface area contributed by atoms with Crippen molar-refractivity contribution < 1.29 is 14.3 Å². The fourth-order valence-corrected chi connectivity index (χ4v) is 3.13. The summed E-state index contributed by atoms with van der Waals surface area (Å²) in [6, 6.07) is 18.1. The molecule has 1 heterocycles. The van der Waals surface area contributed by atoms with Crippen molar-refractivity contribution in [3.05, 3.63) is 78.0 Å². The Labute approximate surface area is 181 Å². The van der Waals surface area contributed by atoms with Crippen LogP contribution in [-0.4, -0.2) is 33.8 Å². The fraction of sp³-hybridized carbons (Fsp3) is 0.240. The predicted molar refractivity (Wildman–Crippen MR) is 119 cm³/mol. The first kappa shape index (κ1) is 20.6. The normalized spacial score (nSPS) is 14.4. The minimum atomic E-state index is -0.832. The van der Waals surface area contributed by atoms with Gasteiger partial charge in [-0.2, -0.15) is 5.10 Å². The van der Waals surface area contributed by atoms with Gasteiger partial charge in [0.25, 0.3) is 5.91 Å². The molecular formula is C25H25N3O3. The van der Waals surface area contributed by atoms with Crippen molar-refractivity contribution in [3.8, 4) is 16.9 Å². The van der Waals surface area contributed by atoms with Crippen LogP contribution in [0.15, 0.2) is 66.9 Å². The first-order valence-electron chi connectivity index (χ1n) is 10.4. The molecule has 0 aliphatic heterocycles. The highest BCUT2D eigenvalue weighted by atomic mass is 16.5. The number of nitrogens with one attached hydrogen (secondary N) is 1. The number of hydrogen-bond donors (Lipinski definition) is 1. The lowest BCUT2D eigenvalue weighted by Crippen LogP contribution is -2.36. The molecule has 6 heteroatoms. The predicted octanol–water partition coefficient (Wildman–Crippen LogP) is 4.07. The van der Waals surface area contributed by atoms with E-state index in [0.717, 1.165) is 40.9 Å². The van der Waals surface area contributed by atoms with Crippen molar-refractivity contribution in [2.24, 2.45) is 0 Å². The lowest BCUT2D eigenvalue weighted by Gasteiger charge is -2.11. The van der Waals surface area contributed by atoms with Gasteiger partial charge in [0.2, 0.25) is 0 Å². The van der Waals surface area contributed by atoms with Gasteiger partial charge < -0.3 is 10.1 Å². The summed E-state index contributed by atoms with van der Waals surface area (Å²) in [4.78, 5) is 24.3. The Kier molecular flexibility index (Phi) is 5.98. The molecule has 1 aromatic heterocycles. The zero-order valence-corrected chi connectivity index (χ0v) is 17.6. The van der Waals surface area contributed by atoms with E-state index in [4.69, 9.17) is 9.84 Å². The van der Waals surface area contributed by atoms with E-state index in [-0.39, 0.29) is 11.9 Å². The highest BCUT2D eigenvalue weighted by Crippen LogP contribution is 2.25. The standard InChI is InChI=1S/C25H25N3O3/c1-17-8-10-19(11-9-17)24-20(16-28(27-24)22-6-4-3-5-7-22)12-15-23(29)31-18(2)25(30)26-21-13-14-21/h3-12,15-16,18,21H,13-14H2,1-2H3,(H,26,30)/b15-12+. The molecule has 1 unspecified atom stereocenters. The van der Waals surface area contributed by atoms with Gasteiger partial charge in [-0.05, 0) is 44.9 Å². The first-order chi connectivity index (χ1) is 15.0. The third kappa shape index (κ3) is 5.28. The van der Waals surface area contributed by atoms with Gasteiger partial charge in [0.15, 0.2) is 6.10 Å². The molecule has 31 heavy (non-hydrogen) atoms. The van der Waals surface area contributed by atoms with Crippen LogP contribution in [0.2, 0.25) is 0 Å². The number of carbonyl (C=O) groups excluding carboxylic acids is 2. The summed E-state index contributed by atoms with van der Waals surface area (Å²) in [5, 5.41) is 7.57. The molecular weight excluding hydrogens is 390 g/mol. The Balaban J connectivity index is 1.55. The van der Waals surface area contributed by atoms with Crippen LogP contribution < -0.4 is 5.32 Å². The third-order valence-corrected chi connectivity index (χ3v) is 5.07. The number of nitrogens with zero attached hydrogens (tertiary/aromatic N) is 2. The molecule has 3 aromatic rings. The number of aromatic nitrogens is 2. The quantitative estimate of drug-likeness (QED) is 0.466. The van der Waals surface area contributed by atoms with Crippen LogP contribution >= 0.6 is 0 Å². The molecule has 1 aliphatic carbocycles. The molecule has 6 nitrogen and oxygen atoms in total. The molecule has 1 amide bonds. The minimum Gasteiger partial charge on any atom is -0.449 e. The van der Waals surface area contributed by atoms with Gasteiger partial charge in [0, 0.05) is 29.4 Å². The molecule has 0 saturated heterocycles. The second-order valence-corrected chi connectivity index (χ2v) is 7.77. The van der Waals surface area contributed by atoms with Crippen LogP contribution in [0, 0.1) is 6.92 Å². The Bertz CT molecular complexity index is 1100. The maximum atomic E-state index is 12.3. The van der Waals surface area contributed by atoms with E-state index >= 15 is 0 Å². The third-order valence-electron chi connectivity index (χ3n) is 5.07. The summed E-state index contributed by atoms with van der Waals surface area (Å²) in [6.45, 7) is 3.61. The smallest absolute Gasteiger partial charge is 0.331 e. The molecule has 1 N–H and O–H groups in total. The summed E-state index contributed by atoms with van der Waals surface area (Å²) in [7, 11) is 0. The van der Waals surface area contributed by atoms with Crippen molar-refractivity contribution in [1.29, 1.82) is 0 Å². The number of benzene rings is 2. The largest absolute Gasteiger partial charge is 0.449 e. The highest BCUT2D eigenvalue weighted by molar-refractivity contribution is 5.91. The molecule has 0 radical (unpaired) electrons. The molecule has 158 valence electrons. The Morgan fingerprint density at radius 1 is 1.13 bits per heavy atom. The van der Waals surface area contributed by atoms with Crippen LogP contribution in [0.25, 0.3) is 23.0 Å². The first-order valence-corrected chi connectivity index (χ1v) is 10.4. The topological polar surface area (TPSA) is 73.2 Å². The fourth-order valence-electron chi connectivity index (χ4n) is 3.13. The Morgan fingerprint density at radius 3 is 2.52 bits per heavy atom. The average Bonchev–Trinajstić information content (AvgIpc) is 3.49. The summed E-state index contributed by atoms with van der Waals surface area (Å²) in [5.74, 6) is -0.831.